The van der Waals surface area contributed by atoms with E-state index in [9.17, 15) is 0 Å². The summed E-state index contributed by atoms with van der Waals surface area (Å²) in [6, 6.07) is 7.89. The maximum atomic E-state index is 6.18. The molecule has 3 heterocycles. The van der Waals surface area contributed by atoms with E-state index >= 15 is 0 Å². The lowest BCUT2D eigenvalue weighted by atomic mass is 10.1. The summed E-state index contributed by atoms with van der Waals surface area (Å²) in [4.78, 5) is 13.5. The first-order valence-corrected chi connectivity index (χ1v) is 8.93. The molecule has 0 bridgehead atoms. The van der Waals surface area contributed by atoms with Gasteiger partial charge in [0.15, 0.2) is 5.82 Å². The van der Waals surface area contributed by atoms with Gasteiger partial charge in [-0.3, -0.25) is 9.88 Å². The van der Waals surface area contributed by atoms with Crippen molar-refractivity contribution in [2.24, 2.45) is 0 Å². The molecular weight excluding hydrogens is 354 g/mol. The Hall–Kier alpha value is -2.22. The van der Waals surface area contributed by atoms with Crippen molar-refractivity contribution in [1.29, 1.82) is 0 Å². The summed E-state index contributed by atoms with van der Waals surface area (Å²) in [5, 5.41) is 5.73. The van der Waals surface area contributed by atoms with Crippen molar-refractivity contribution in [1.82, 2.24) is 20.0 Å². The molecule has 0 spiro atoms. The van der Waals surface area contributed by atoms with Crippen LogP contribution in [0.2, 0.25) is 5.02 Å². The van der Waals surface area contributed by atoms with Crippen LogP contribution < -0.4 is 4.90 Å². The van der Waals surface area contributed by atoms with Crippen molar-refractivity contribution in [2.45, 2.75) is 13.2 Å². The average molecular weight is 374 g/mol. The van der Waals surface area contributed by atoms with E-state index in [1.165, 1.54) is 5.69 Å². The van der Waals surface area contributed by atoms with Crippen molar-refractivity contribution < 1.29 is 9.26 Å². The molecular formula is C18H20ClN5O2. The van der Waals surface area contributed by atoms with Crippen molar-refractivity contribution in [3.63, 3.8) is 0 Å². The molecule has 7 nitrogen and oxygen atoms in total. The third kappa shape index (κ3) is 3.65. The number of piperazine rings is 1. The normalized spacial score (nSPS) is 15.7. The Bertz CT molecular complexity index is 892. The summed E-state index contributed by atoms with van der Waals surface area (Å²) in [7, 11) is 1.62. The van der Waals surface area contributed by atoms with Gasteiger partial charge in [-0.25, -0.2) is 0 Å². The molecule has 1 saturated heterocycles. The summed E-state index contributed by atoms with van der Waals surface area (Å²) in [6.45, 7) is 4.72. The first-order chi connectivity index (χ1) is 12.7. The third-order valence-electron chi connectivity index (χ3n) is 4.54. The number of anilines is 1. The van der Waals surface area contributed by atoms with E-state index in [-0.39, 0.29) is 0 Å². The summed E-state index contributed by atoms with van der Waals surface area (Å²) in [5.41, 5.74) is 2.14. The molecule has 2 aromatic heterocycles. The number of benzene rings is 1. The van der Waals surface area contributed by atoms with Gasteiger partial charge in [0.25, 0.3) is 0 Å². The number of fused-ring (bicyclic) bond motifs is 1. The molecule has 0 saturated carbocycles. The predicted molar refractivity (Wildman–Crippen MR) is 99.3 cm³/mol. The van der Waals surface area contributed by atoms with Gasteiger partial charge in [-0.1, -0.05) is 16.8 Å². The highest BCUT2D eigenvalue weighted by Crippen LogP contribution is 2.28. The van der Waals surface area contributed by atoms with Gasteiger partial charge >= 0.3 is 0 Å². The third-order valence-corrected chi connectivity index (χ3v) is 4.77. The zero-order valence-electron chi connectivity index (χ0n) is 14.6. The lowest BCUT2D eigenvalue weighted by molar-refractivity contribution is 0.174. The number of pyridine rings is 1. The summed E-state index contributed by atoms with van der Waals surface area (Å²) < 4.78 is 10.3. The number of ether oxygens (including phenoxy) is 1. The molecule has 1 aromatic carbocycles. The standard InChI is InChI=1S/C18H20ClN5O2/c1-25-12-17-21-18(26-22-17)11-23-6-8-24(9-7-23)16-4-5-20-15-3-2-13(19)10-14(15)16/h2-5,10H,6-9,11-12H2,1H3. The highest BCUT2D eigenvalue weighted by atomic mass is 35.5. The predicted octanol–water partition coefficient (Wildman–Crippen LogP) is 2.74. The largest absolute Gasteiger partial charge is 0.377 e. The van der Waals surface area contributed by atoms with Crippen LogP contribution in [0.15, 0.2) is 35.0 Å². The van der Waals surface area contributed by atoms with Crippen LogP contribution in [0.4, 0.5) is 5.69 Å². The average Bonchev–Trinajstić information content (AvgIpc) is 3.09. The van der Waals surface area contributed by atoms with Gasteiger partial charge in [0.2, 0.25) is 5.89 Å². The van der Waals surface area contributed by atoms with Gasteiger partial charge in [-0.2, -0.15) is 4.98 Å². The fourth-order valence-electron chi connectivity index (χ4n) is 3.26. The van der Waals surface area contributed by atoms with Crippen molar-refractivity contribution in [3.8, 4) is 0 Å². The van der Waals surface area contributed by atoms with Gasteiger partial charge in [0.1, 0.15) is 6.61 Å². The zero-order valence-corrected chi connectivity index (χ0v) is 15.3. The van der Waals surface area contributed by atoms with Gasteiger partial charge in [-0.15, -0.1) is 0 Å². The Balaban J connectivity index is 1.43. The molecule has 1 aliphatic heterocycles. The fraction of sp³-hybridized carbons (Fsp3) is 0.389. The van der Waals surface area contributed by atoms with E-state index < -0.39 is 0 Å². The zero-order chi connectivity index (χ0) is 17.9. The number of aromatic nitrogens is 3. The second-order valence-electron chi connectivity index (χ2n) is 6.29. The minimum absolute atomic E-state index is 0.370. The van der Waals surface area contributed by atoms with E-state index in [4.69, 9.17) is 20.9 Å². The number of methoxy groups -OCH3 is 1. The lowest BCUT2D eigenvalue weighted by Crippen LogP contribution is -2.46. The van der Waals surface area contributed by atoms with E-state index in [2.05, 4.69) is 31.0 Å². The molecule has 1 aliphatic rings. The monoisotopic (exact) mass is 373 g/mol. The Morgan fingerprint density at radius 2 is 2.04 bits per heavy atom. The highest BCUT2D eigenvalue weighted by molar-refractivity contribution is 6.31. The second-order valence-corrected chi connectivity index (χ2v) is 6.73. The van der Waals surface area contributed by atoms with Crippen LogP contribution in [-0.4, -0.2) is 53.3 Å². The smallest absolute Gasteiger partial charge is 0.240 e. The highest BCUT2D eigenvalue weighted by Gasteiger charge is 2.21. The number of hydrogen-bond donors (Lipinski definition) is 0. The van der Waals surface area contributed by atoms with Gasteiger partial charge < -0.3 is 14.2 Å². The number of rotatable bonds is 5. The van der Waals surface area contributed by atoms with Gasteiger partial charge in [0, 0.05) is 55.6 Å². The fourth-order valence-corrected chi connectivity index (χ4v) is 3.43. The van der Waals surface area contributed by atoms with Crippen LogP contribution in [0.3, 0.4) is 0 Å². The van der Waals surface area contributed by atoms with Crippen LogP contribution in [-0.2, 0) is 17.9 Å². The minimum atomic E-state index is 0.370. The lowest BCUT2D eigenvalue weighted by Gasteiger charge is -2.35. The Morgan fingerprint density at radius 3 is 2.85 bits per heavy atom. The minimum Gasteiger partial charge on any atom is -0.377 e. The SMILES string of the molecule is COCc1noc(CN2CCN(c3ccnc4ccc(Cl)cc34)CC2)n1. The first kappa shape index (κ1) is 17.2. The Kier molecular flexibility index (Phi) is 5.01. The van der Waals surface area contributed by atoms with Crippen molar-refractivity contribution in [3.05, 3.63) is 47.2 Å². The molecule has 0 N–H and O–H groups in total. The summed E-state index contributed by atoms with van der Waals surface area (Å²) in [6.07, 6.45) is 1.85. The van der Waals surface area contributed by atoms with Gasteiger partial charge in [-0.05, 0) is 24.3 Å². The van der Waals surface area contributed by atoms with E-state index in [1.54, 1.807) is 7.11 Å². The Morgan fingerprint density at radius 1 is 1.19 bits per heavy atom. The molecule has 0 radical (unpaired) electrons. The van der Waals surface area contributed by atoms with Crippen LogP contribution in [0, 0.1) is 0 Å². The van der Waals surface area contributed by atoms with Crippen LogP contribution in [0.5, 0.6) is 0 Å². The van der Waals surface area contributed by atoms with E-state index in [0.717, 1.165) is 42.1 Å². The molecule has 1 fully saturated rings. The number of halogens is 1. The quantitative estimate of drug-likeness (QED) is 0.681. The molecule has 3 aromatic rings. The van der Waals surface area contributed by atoms with Crippen LogP contribution in [0.1, 0.15) is 11.7 Å². The van der Waals surface area contributed by atoms with Crippen molar-refractivity contribution in [2.75, 3.05) is 38.2 Å². The van der Waals surface area contributed by atoms with Crippen LogP contribution >= 0.6 is 11.6 Å². The first-order valence-electron chi connectivity index (χ1n) is 8.55. The number of nitrogens with zero attached hydrogens (tertiary/aromatic N) is 5. The summed E-state index contributed by atoms with van der Waals surface area (Å²) in [5.74, 6) is 1.22. The van der Waals surface area contributed by atoms with E-state index in [0.29, 0.717) is 24.9 Å². The molecule has 0 atom stereocenters. The molecule has 0 amide bonds. The molecule has 26 heavy (non-hydrogen) atoms. The molecule has 8 heteroatoms. The molecule has 0 unspecified atom stereocenters. The maximum Gasteiger partial charge on any atom is 0.240 e. The van der Waals surface area contributed by atoms with Crippen molar-refractivity contribution >= 4 is 28.2 Å². The van der Waals surface area contributed by atoms with Crippen LogP contribution in [0.25, 0.3) is 10.9 Å². The maximum absolute atomic E-state index is 6.18. The second kappa shape index (κ2) is 7.57. The Labute approximate surface area is 156 Å². The molecule has 136 valence electrons. The molecule has 0 aliphatic carbocycles. The topological polar surface area (TPSA) is 67.5 Å². The summed E-state index contributed by atoms with van der Waals surface area (Å²) >= 11 is 6.18. The molecule has 4 rings (SSSR count). The van der Waals surface area contributed by atoms with Gasteiger partial charge in [0.05, 0.1) is 12.1 Å². The van der Waals surface area contributed by atoms with E-state index in [1.807, 2.05) is 24.4 Å². The number of hydrogen-bond acceptors (Lipinski definition) is 7.